The van der Waals surface area contributed by atoms with Gasteiger partial charge in [0.25, 0.3) is 0 Å². The zero-order valence-electron chi connectivity index (χ0n) is 20.1. The van der Waals surface area contributed by atoms with E-state index in [2.05, 4.69) is 40.7 Å². The van der Waals surface area contributed by atoms with Gasteiger partial charge in [0.15, 0.2) is 5.79 Å². The molecule has 0 aromatic heterocycles. The Balaban J connectivity index is 1.28. The van der Waals surface area contributed by atoms with Crippen molar-refractivity contribution in [1.29, 1.82) is 0 Å². The van der Waals surface area contributed by atoms with E-state index >= 15 is 0 Å². The van der Waals surface area contributed by atoms with Gasteiger partial charge in [0.2, 0.25) is 0 Å². The molecule has 0 aromatic rings. The van der Waals surface area contributed by atoms with Crippen LogP contribution >= 0.6 is 0 Å². The number of rotatable bonds is 0. The smallest absolute Gasteiger partial charge is 0.171 e. The number of hydrogen-bond acceptors (Lipinski definition) is 2. The third-order valence-corrected chi connectivity index (χ3v) is 11.6. The van der Waals surface area contributed by atoms with Gasteiger partial charge in [-0.15, -0.1) is 0 Å². The fourth-order valence-electron chi connectivity index (χ4n) is 9.86. The molecule has 0 aromatic carbocycles. The number of hydrogen-bond donors (Lipinski definition) is 0. The van der Waals surface area contributed by atoms with E-state index in [1.54, 1.807) is 0 Å². The SMILES string of the molecule is CC1CCC2(OC1)OC1CC3C4CC=C5CC(C)CCC5(C)C4CCC3(C)C1C2C. The van der Waals surface area contributed by atoms with Crippen LogP contribution in [-0.2, 0) is 9.47 Å². The lowest BCUT2D eigenvalue weighted by Crippen LogP contribution is -2.52. The quantitative estimate of drug-likeness (QED) is 0.399. The van der Waals surface area contributed by atoms with E-state index in [0.717, 1.165) is 36.7 Å². The van der Waals surface area contributed by atoms with Crippen molar-refractivity contribution >= 4 is 0 Å². The largest absolute Gasteiger partial charge is 0.349 e. The van der Waals surface area contributed by atoms with Crippen molar-refractivity contribution in [3.05, 3.63) is 11.6 Å². The Morgan fingerprint density at radius 1 is 0.933 bits per heavy atom. The maximum absolute atomic E-state index is 6.92. The maximum Gasteiger partial charge on any atom is 0.171 e. The lowest BCUT2D eigenvalue weighted by Gasteiger charge is -2.58. The van der Waals surface area contributed by atoms with Gasteiger partial charge in [-0.05, 0) is 97.7 Å². The third-order valence-electron chi connectivity index (χ3n) is 11.6. The molecule has 11 atom stereocenters. The summed E-state index contributed by atoms with van der Waals surface area (Å²) in [5, 5.41) is 0. The molecule has 30 heavy (non-hydrogen) atoms. The Hall–Kier alpha value is -0.340. The molecule has 2 heterocycles. The second-order valence-electron chi connectivity index (χ2n) is 13.1. The molecule has 2 nitrogen and oxygen atoms in total. The summed E-state index contributed by atoms with van der Waals surface area (Å²) in [5.74, 6) is 5.20. The van der Waals surface area contributed by atoms with E-state index in [1.807, 2.05) is 5.57 Å². The summed E-state index contributed by atoms with van der Waals surface area (Å²) in [4.78, 5) is 0. The van der Waals surface area contributed by atoms with E-state index in [0.29, 0.717) is 34.7 Å². The summed E-state index contributed by atoms with van der Waals surface area (Å²) in [5.41, 5.74) is 2.77. The van der Waals surface area contributed by atoms with Gasteiger partial charge in [-0.25, -0.2) is 0 Å². The molecule has 11 unspecified atom stereocenters. The molecule has 4 aliphatic carbocycles. The summed E-state index contributed by atoms with van der Waals surface area (Å²) in [7, 11) is 0. The number of ether oxygens (including phenoxy) is 2. The lowest BCUT2D eigenvalue weighted by molar-refractivity contribution is -0.272. The summed E-state index contributed by atoms with van der Waals surface area (Å²) >= 11 is 0. The minimum Gasteiger partial charge on any atom is -0.349 e. The molecule has 3 saturated carbocycles. The highest BCUT2D eigenvalue weighted by Crippen LogP contribution is 2.70. The Labute approximate surface area is 184 Å². The van der Waals surface area contributed by atoms with Crippen LogP contribution in [0, 0.1) is 52.3 Å². The van der Waals surface area contributed by atoms with Crippen LogP contribution in [0.4, 0.5) is 0 Å². The average molecular weight is 413 g/mol. The van der Waals surface area contributed by atoms with E-state index in [1.165, 1.54) is 51.4 Å². The number of fused-ring (bicyclic) bond motifs is 7. The molecular formula is C28H44O2. The molecule has 2 saturated heterocycles. The van der Waals surface area contributed by atoms with Crippen LogP contribution < -0.4 is 0 Å². The van der Waals surface area contributed by atoms with Gasteiger partial charge in [-0.3, -0.25) is 0 Å². The van der Waals surface area contributed by atoms with Gasteiger partial charge in [-0.2, -0.15) is 0 Å². The van der Waals surface area contributed by atoms with Crippen molar-refractivity contribution in [2.24, 2.45) is 52.3 Å². The summed E-state index contributed by atoms with van der Waals surface area (Å²) < 4.78 is 13.4. The molecule has 6 rings (SSSR count). The Kier molecular flexibility index (Phi) is 4.46. The van der Waals surface area contributed by atoms with Crippen molar-refractivity contribution in [3.8, 4) is 0 Å². The first kappa shape index (κ1) is 20.3. The van der Waals surface area contributed by atoms with Crippen LogP contribution in [0.5, 0.6) is 0 Å². The van der Waals surface area contributed by atoms with Gasteiger partial charge in [-0.1, -0.05) is 46.3 Å². The average Bonchev–Trinajstić information content (AvgIpc) is 3.16. The van der Waals surface area contributed by atoms with E-state index < -0.39 is 0 Å². The molecular weight excluding hydrogens is 368 g/mol. The van der Waals surface area contributed by atoms with E-state index in [-0.39, 0.29) is 5.79 Å². The molecule has 6 aliphatic rings. The fraction of sp³-hybridized carbons (Fsp3) is 0.929. The standard InChI is InChI=1S/C28H44O2/c1-17-8-11-26(4)20(14-17)6-7-21-22(26)10-12-27(5)23(21)15-24-25(27)19(3)28(30-24)13-9-18(2)16-29-28/h6,17-19,21-25H,7-16H2,1-5H3. The predicted octanol–water partition coefficient (Wildman–Crippen LogP) is 6.99. The van der Waals surface area contributed by atoms with Gasteiger partial charge in [0.1, 0.15) is 0 Å². The molecule has 2 aliphatic heterocycles. The van der Waals surface area contributed by atoms with Gasteiger partial charge < -0.3 is 9.47 Å². The van der Waals surface area contributed by atoms with Crippen molar-refractivity contribution in [2.75, 3.05) is 6.61 Å². The van der Waals surface area contributed by atoms with Crippen LogP contribution in [0.25, 0.3) is 0 Å². The van der Waals surface area contributed by atoms with Gasteiger partial charge in [0.05, 0.1) is 12.7 Å². The first-order valence-electron chi connectivity index (χ1n) is 13.3. The van der Waals surface area contributed by atoms with Gasteiger partial charge in [0, 0.05) is 12.3 Å². The molecule has 1 spiro atoms. The first-order valence-corrected chi connectivity index (χ1v) is 13.3. The lowest BCUT2D eigenvalue weighted by atomic mass is 9.46. The van der Waals surface area contributed by atoms with Crippen LogP contribution in [0.15, 0.2) is 11.6 Å². The maximum atomic E-state index is 6.92. The summed E-state index contributed by atoms with van der Waals surface area (Å²) in [6.07, 6.45) is 15.3. The topological polar surface area (TPSA) is 18.5 Å². The normalized spacial score (nSPS) is 59.8. The van der Waals surface area contributed by atoms with Crippen molar-refractivity contribution in [2.45, 2.75) is 104 Å². The highest BCUT2D eigenvalue weighted by Gasteiger charge is 2.68. The van der Waals surface area contributed by atoms with Crippen LogP contribution in [-0.4, -0.2) is 18.5 Å². The van der Waals surface area contributed by atoms with E-state index in [9.17, 15) is 0 Å². The Morgan fingerprint density at radius 3 is 2.50 bits per heavy atom. The molecule has 2 heteroatoms. The van der Waals surface area contributed by atoms with Crippen molar-refractivity contribution in [1.82, 2.24) is 0 Å². The molecule has 0 bridgehead atoms. The molecule has 0 amide bonds. The molecule has 168 valence electrons. The number of allylic oxidation sites excluding steroid dienone is 2. The zero-order valence-corrected chi connectivity index (χ0v) is 20.1. The minimum atomic E-state index is -0.266. The first-order chi connectivity index (χ1) is 14.3. The molecule has 0 radical (unpaired) electrons. The monoisotopic (exact) mass is 412 g/mol. The van der Waals surface area contributed by atoms with Crippen LogP contribution in [0.2, 0.25) is 0 Å². The van der Waals surface area contributed by atoms with E-state index in [4.69, 9.17) is 9.47 Å². The fourth-order valence-corrected chi connectivity index (χ4v) is 9.86. The van der Waals surface area contributed by atoms with Crippen molar-refractivity contribution < 1.29 is 9.47 Å². The third kappa shape index (κ3) is 2.56. The van der Waals surface area contributed by atoms with Gasteiger partial charge >= 0.3 is 0 Å². The minimum absolute atomic E-state index is 0.266. The second-order valence-corrected chi connectivity index (χ2v) is 13.1. The summed E-state index contributed by atoms with van der Waals surface area (Å²) in [6.45, 7) is 13.5. The molecule has 0 N–H and O–H groups in total. The highest BCUT2D eigenvalue weighted by molar-refractivity contribution is 5.26. The summed E-state index contributed by atoms with van der Waals surface area (Å²) in [6, 6.07) is 0. The Bertz CT molecular complexity index is 733. The molecule has 5 fully saturated rings. The Morgan fingerprint density at radius 2 is 1.73 bits per heavy atom. The second kappa shape index (κ2) is 6.60. The highest BCUT2D eigenvalue weighted by atomic mass is 16.7. The predicted molar refractivity (Wildman–Crippen MR) is 121 cm³/mol. The van der Waals surface area contributed by atoms with Crippen LogP contribution in [0.1, 0.15) is 92.4 Å². The van der Waals surface area contributed by atoms with Crippen molar-refractivity contribution in [3.63, 3.8) is 0 Å². The zero-order chi connectivity index (χ0) is 20.9. The van der Waals surface area contributed by atoms with Crippen LogP contribution in [0.3, 0.4) is 0 Å².